The van der Waals surface area contributed by atoms with Crippen molar-refractivity contribution in [1.82, 2.24) is 24.5 Å². The summed E-state index contributed by atoms with van der Waals surface area (Å²) in [5, 5.41) is 0. The standard InChI is InChI=1S/C25H26N6O/c1-18-5-4-6-22(13-18)15-27-16-23-28-24(31-11-10-26-17-31)30-25(29-23)32-12-9-21-8-7-19(2)20(3)14-21/h4-8,10-11,13-15,17H,9,12,16H2,1-3H3. The Kier molecular flexibility index (Phi) is 6.65. The third-order valence-electron chi connectivity index (χ3n) is 5.09. The maximum absolute atomic E-state index is 5.89. The number of rotatable bonds is 8. The van der Waals surface area contributed by atoms with Gasteiger partial charge in [0.05, 0.1) is 13.2 Å². The Hall–Kier alpha value is -3.87. The van der Waals surface area contributed by atoms with Crippen molar-refractivity contribution in [3.63, 3.8) is 0 Å². The maximum atomic E-state index is 5.89. The second kappa shape index (κ2) is 9.96. The van der Waals surface area contributed by atoms with Gasteiger partial charge in [-0.05, 0) is 43.0 Å². The minimum Gasteiger partial charge on any atom is -0.463 e. The van der Waals surface area contributed by atoms with Crippen LogP contribution in [0.1, 0.15) is 33.6 Å². The van der Waals surface area contributed by atoms with Gasteiger partial charge in [0.15, 0.2) is 5.82 Å². The molecule has 0 N–H and O–H groups in total. The molecular formula is C25H26N6O. The topological polar surface area (TPSA) is 78.1 Å². The average molecular weight is 427 g/mol. The van der Waals surface area contributed by atoms with Crippen LogP contribution in [-0.2, 0) is 13.0 Å². The Morgan fingerprint density at radius 1 is 1.00 bits per heavy atom. The highest BCUT2D eigenvalue weighted by Crippen LogP contribution is 2.13. The fourth-order valence-electron chi connectivity index (χ4n) is 3.22. The van der Waals surface area contributed by atoms with Crippen LogP contribution in [0.15, 0.2) is 66.2 Å². The number of aromatic nitrogens is 5. The van der Waals surface area contributed by atoms with Gasteiger partial charge in [0.25, 0.3) is 0 Å². The van der Waals surface area contributed by atoms with E-state index in [4.69, 9.17) is 4.74 Å². The first kappa shape index (κ1) is 21.4. The summed E-state index contributed by atoms with van der Waals surface area (Å²) >= 11 is 0. The molecule has 32 heavy (non-hydrogen) atoms. The minimum atomic E-state index is 0.285. The zero-order valence-corrected chi connectivity index (χ0v) is 18.6. The molecule has 162 valence electrons. The Balaban J connectivity index is 1.48. The van der Waals surface area contributed by atoms with Crippen LogP contribution >= 0.6 is 0 Å². The lowest BCUT2D eigenvalue weighted by atomic mass is 10.0. The van der Waals surface area contributed by atoms with Crippen molar-refractivity contribution in [1.29, 1.82) is 0 Å². The molecule has 0 spiro atoms. The Morgan fingerprint density at radius 3 is 2.69 bits per heavy atom. The minimum absolute atomic E-state index is 0.285. The first-order chi connectivity index (χ1) is 15.6. The van der Waals surface area contributed by atoms with Gasteiger partial charge in [0, 0.05) is 25.0 Å². The van der Waals surface area contributed by atoms with Crippen molar-refractivity contribution in [2.45, 2.75) is 33.7 Å². The molecule has 0 unspecified atom stereocenters. The molecule has 0 aliphatic carbocycles. The van der Waals surface area contributed by atoms with Crippen molar-refractivity contribution >= 4 is 6.21 Å². The lowest BCUT2D eigenvalue weighted by molar-refractivity contribution is 0.293. The Bertz CT molecular complexity index is 1220. The van der Waals surface area contributed by atoms with Gasteiger partial charge >= 0.3 is 6.01 Å². The van der Waals surface area contributed by atoms with E-state index in [1.807, 2.05) is 18.3 Å². The lowest BCUT2D eigenvalue weighted by Crippen LogP contribution is -2.10. The summed E-state index contributed by atoms with van der Waals surface area (Å²) in [4.78, 5) is 22.0. The van der Waals surface area contributed by atoms with Crippen LogP contribution < -0.4 is 4.74 Å². The van der Waals surface area contributed by atoms with Crippen molar-refractivity contribution in [2.24, 2.45) is 4.99 Å². The number of imidazole rings is 1. The Morgan fingerprint density at radius 2 is 1.91 bits per heavy atom. The van der Waals surface area contributed by atoms with E-state index in [9.17, 15) is 0 Å². The fraction of sp³-hybridized carbons (Fsp3) is 0.240. The van der Waals surface area contributed by atoms with Crippen molar-refractivity contribution in [2.75, 3.05) is 6.61 Å². The molecule has 0 amide bonds. The number of aryl methyl sites for hydroxylation is 3. The predicted molar refractivity (Wildman–Crippen MR) is 125 cm³/mol. The third kappa shape index (κ3) is 5.63. The molecule has 0 aliphatic rings. The normalized spacial score (nSPS) is 11.2. The number of ether oxygens (including phenoxy) is 1. The highest BCUT2D eigenvalue weighted by atomic mass is 16.5. The molecular weight excluding hydrogens is 400 g/mol. The summed E-state index contributed by atoms with van der Waals surface area (Å²) in [6, 6.07) is 14.9. The molecule has 0 fully saturated rings. The number of hydrogen-bond donors (Lipinski definition) is 0. The van der Waals surface area contributed by atoms with E-state index in [-0.39, 0.29) is 6.01 Å². The van der Waals surface area contributed by atoms with Gasteiger partial charge in [-0.2, -0.15) is 15.0 Å². The average Bonchev–Trinajstić information content (AvgIpc) is 3.31. The van der Waals surface area contributed by atoms with Gasteiger partial charge in [-0.3, -0.25) is 9.56 Å². The number of aliphatic imine (C=N–C) groups is 1. The molecule has 4 aromatic rings. The molecule has 7 nitrogen and oxygen atoms in total. The van der Waals surface area contributed by atoms with Gasteiger partial charge in [-0.1, -0.05) is 48.0 Å². The van der Waals surface area contributed by atoms with Gasteiger partial charge in [-0.15, -0.1) is 0 Å². The van der Waals surface area contributed by atoms with Gasteiger partial charge in [0.2, 0.25) is 5.95 Å². The summed E-state index contributed by atoms with van der Waals surface area (Å²) < 4.78 is 7.62. The molecule has 0 radical (unpaired) electrons. The monoisotopic (exact) mass is 426 g/mol. The first-order valence-electron chi connectivity index (χ1n) is 10.6. The molecule has 2 aromatic carbocycles. The number of benzene rings is 2. The molecule has 4 rings (SSSR count). The summed E-state index contributed by atoms with van der Waals surface area (Å²) in [5.74, 6) is 0.994. The second-order valence-corrected chi connectivity index (χ2v) is 7.71. The van der Waals surface area contributed by atoms with E-state index in [1.54, 1.807) is 23.3 Å². The zero-order chi connectivity index (χ0) is 22.3. The molecule has 0 bridgehead atoms. The molecule has 0 atom stereocenters. The SMILES string of the molecule is Cc1cccc(C=NCc2nc(OCCc3ccc(C)c(C)c3)nc(-n3ccnc3)n2)c1. The highest BCUT2D eigenvalue weighted by molar-refractivity contribution is 5.79. The molecule has 2 heterocycles. The predicted octanol–water partition coefficient (Wildman–Crippen LogP) is 4.22. The number of nitrogens with zero attached hydrogens (tertiary/aromatic N) is 6. The molecule has 0 aliphatic heterocycles. The molecule has 2 aromatic heterocycles. The van der Waals surface area contributed by atoms with Gasteiger partial charge in [0.1, 0.15) is 6.33 Å². The van der Waals surface area contributed by atoms with E-state index < -0.39 is 0 Å². The summed E-state index contributed by atoms with van der Waals surface area (Å²) in [5.41, 5.74) is 6.02. The van der Waals surface area contributed by atoms with Crippen molar-refractivity contribution < 1.29 is 4.74 Å². The third-order valence-corrected chi connectivity index (χ3v) is 5.09. The smallest absolute Gasteiger partial charge is 0.321 e. The summed E-state index contributed by atoms with van der Waals surface area (Å²) in [7, 11) is 0. The first-order valence-corrected chi connectivity index (χ1v) is 10.6. The molecule has 0 saturated heterocycles. The molecule has 0 saturated carbocycles. The Labute approximate surface area is 187 Å². The van der Waals surface area contributed by atoms with Crippen LogP contribution in [0.3, 0.4) is 0 Å². The quantitative estimate of drug-likeness (QED) is 0.394. The van der Waals surface area contributed by atoms with E-state index in [0.29, 0.717) is 24.9 Å². The van der Waals surface area contributed by atoms with Crippen LogP contribution in [0.4, 0.5) is 0 Å². The van der Waals surface area contributed by atoms with Crippen LogP contribution in [0.2, 0.25) is 0 Å². The van der Waals surface area contributed by atoms with Crippen molar-refractivity contribution in [3.05, 3.63) is 94.8 Å². The van der Waals surface area contributed by atoms with E-state index in [0.717, 1.165) is 12.0 Å². The van der Waals surface area contributed by atoms with Gasteiger partial charge in [-0.25, -0.2) is 4.98 Å². The summed E-state index contributed by atoms with van der Waals surface area (Å²) in [6.07, 6.45) is 7.71. The number of hydrogen-bond acceptors (Lipinski definition) is 6. The van der Waals surface area contributed by atoms with E-state index in [1.165, 1.54) is 22.3 Å². The fourth-order valence-corrected chi connectivity index (χ4v) is 3.22. The van der Waals surface area contributed by atoms with Crippen molar-refractivity contribution in [3.8, 4) is 12.0 Å². The summed E-state index contributed by atoms with van der Waals surface area (Å²) in [6.45, 7) is 7.09. The van der Waals surface area contributed by atoms with Gasteiger partial charge < -0.3 is 4.74 Å². The largest absolute Gasteiger partial charge is 0.463 e. The van der Waals surface area contributed by atoms with Crippen LogP contribution in [0.5, 0.6) is 6.01 Å². The van der Waals surface area contributed by atoms with E-state index >= 15 is 0 Å². The molecule has 7 heteroatoms. The van der Waals surface area contributed by atoms with Crippen LogP contribution in [0.25, 0.3) is 5.95 Å². The van der Waals surface area contributed by atoms with Crippen LogP contribution in [-0.4, -0.2) is 37.3 Å². The highest BCUT2D eigenvalue weighted by Gasteiger charge is 2.09. The van der Waals surface area contributed by atoms with Crippen LogP contribution in [0, 0.1) is 20.8 Å². The van der Waals surface area contributed by atoms with E-state index in [2.05, 4.69) is 76.0 Å². The maximum Gasteiger partial charge on any atom is 0.321 e. The second-order valence-electron chi connectivity index (χ2n) is 7.71. The lowest BCUT2D eigenvalue weighted by Gasteiger charge is -2.09. The zero-order valence-electron chi connectivity index (χ0n) is 18.6.